The van der Waals surface area contributed by atoms with E-state index in [1.807, 2.05) is 40.1 Å². The SMILES string of the molecule is COc1ccccc1/C=C/CN(CCN1CCN(C(=O)C2CC2)CC1)C(=O)CC(C)CC(C)(C)C. The van der Waals surface area contributed by atoms with E-state index in [0.29, 0.717) is 37.3 Å². The third-order valence-electron chi connectivity index (χ3n) is 6.90. The lowest BCUT2D eigenvalue weighted by Crippen LogP contribution is -2.51. The molecule has 1 heterocycles. The summed E-state index contributed by atoms with van der Waals surface area (Å²) >= 11 is 0. The van der Waals surface area contributed by atoms with E-state index in [1.165, 1.54) is 0 Å². The summed E-state index contributed by atoms with van der Waals surface area (Å²) in [6.45, 7) is 14.4. The molecule has 2 aliphatic rings. The number of amides is 2. The molecule has 6 heteroatoms. The number of hydrogen-bond donors (Lipinski definition) is 0. The molecule has 0 aromatic heterocycles. The number of nitrogens with zero attached hydrogens (tertiary/aromatic N) is 3. The molecule has 1 aromatic rings. The zero-order valence-electron chi connectivity index (χ0n) is 22.5. The first-order chi connectivity index (χ1) is 16.7. The minimum Gasteiger partial charge on any atom is -0.496 e. The lowest BCUT2D eigenvalue weighted by Gasteiger charge is -2.36. The van der Waals surface area contributed by atoms with Gasteiger partial charge in [-0.1, -0.05) is 58.0 Å². The Bertz CT molecular complexity index is 864. The summed E-state index contributed by atoms with van der Waals surface area (Å²) in [5.74, 6) is 2.03. The quantitative estimate of drug-likeness (QED) is 0.463. The van der Waals surface area contributed by atoms with Crippen molar-refractivity contribution in [2.24, 2.45) is 17.3 Å². The zero-order chi connectivity index (χ0) is 25.4. The van der Waals surface area contributed by atoms with Gasteiger partial charge in [-0.25, -0.2) is 0 Å². The van der Waals surface area contributed by atoms with Gasteiger partial charge in [-0.3, -0.25) is 14.5 Å². The van der Waals surface area contributed by atoms with Crippen LogP contribution >= 0.6 is 0 Å². The smallest absolute Gasteiger partial charge is 0.225 e. The van der Waals surface area contributed by atoms with Crippen LogP contribution in [0.25, 0.3) is 6.08 Å². The Morgan fingerprint density at radius 2 is 1.83 bits per heavy atom. The molecule has 35 heavy (non-hydrogen) atoms. The number of carbonyl (C=O) groups excluding carboxylic acids is 2. The lowest BCUT2D eigenvalue weighted by molar-refractivity contribution is -0.134. The molecule has 194 valence electrons. The van der Waals surface area contributed by atoms with Crippen LogP contribution in [0.4, 0.5) is 0 Å². The van der Waals surface area contributed by atoms with Gasteiger partial charge < -0.3 is 14.5 Å². The molecule has 1 aromatic carbocycles. The fourth-order valence-corrected chi connectivity index (χ4v) is 5.02. The van der Waals surface area contributed by atoms with Crippen LogP contribution in [0, 0.1) is 17.3 Å². The van der Waals surface area contributed by atoms with Gasteiger partial charge in [0.25, 0.3) is 0 Å². The number of rotatable bonds is 11. The molecule has 6 nitrogen and oxygen atoms in total. The number of ether oxygens (including phenoxy) is 1. The Kier molecular flexibility index (Phi) is 9.79. The number of carbonyl (C=O) groups is 2. The second kappa shape index (κ2) is 12.6. The first kappa shape index (κ1) is 27.3. The number of methoxy groups -OCH3 is 1. The molecule has 0 spiro atoms. The predicted octanol–water partition coefficient (Wildman–Crippen LogP) is 4.55. The van der Waals surface area contributed by atoms with E-state index >= 15 is 0 Å². The van der Waals surface area contributed by atoms with E-state index < -0.39 is 0 Å². The van der Waals surface area contributed by atoms with E-state index in [2.05, 4.69) is 38.7 Å². The van der Waals surface area contributed by atoms with Crippen LogP contribution in [0.3, 0.4) is 0 Å². The first-order valence-electron chi connectivity index (χ1n) is 13.2. The third kappa shape index (κ3) is 8.99. The van der Waals surface area contributed by atoms with Crippen molar-refractivity contribution in [3.05, 3.63) is 35.9 Å². The Hall–Kier alpha value is -2.34. The Balaban J connectivity index is 1.56. The molecule has 0 N–H and O–H groups in total. The molecular weight excluding hydrogens is 438 g/mol. The van der Waals surface area contributed by atoms with Crippen molar-refractivity contribution in [2.75, 3.05) is 52.9 Å². The van der Waals surface area contributed by atoms with Crippen molar-refractivity contribution < 1.29 is 14.3 Å². The minimum atomic E-state index is 0.214. The maximum absolute atomic E-state index is 13.3. The van der Waals surface area contributed by atoms with E-state index in [4.69, 9.17) is 4.74 Å². The Morgan fingerprint density at radius 3 is 2.46 bits per heavy atom. The molecular formula is C29H45N3O3. The maximum atomic E-state index is 13.3. The largest absolute Gasteiger partial charge is 0.496 e. The van der Waals surface area contributed by atoms with Crippen LogP contribution in [0.2, 0.25) is 0 Å². The van der Waals surface area contributed by atoms with Gasteiger partial charge in [-0.2, -0.15) is 0 Å². The van der Waals surface area contributed by atoms with Gasteiger partial charge in [0.1, 0.15) is 5.75 Å². The van der Waals surface area contributed by atoms with Gasteiger partial charge in [0.05, 0.1) is 7.11 Å². The summed E-state index contributed by atoms with van der Waals surface area (Å²) in [5, 5.41) is 0. The van der Waals surface area contributed by atoms with Crippen molar-refractivity contribution in [3.63, 3.8) is 0 Å². The highest BCUT2D eigenvalue weighted by Gasteiger charge is 2.34. The fraction of sp³-hybridized carbons (Fsp3) is 0.655. The van der Waals surface area contributed by atoms with Crippen molar-refractivity contribution >= 4 is 17.9 Å². The molecule has 0 radical (unpaired) electrons. The number of piperazine rings is 1. The van der Waals surface area contributed by atoms with Gasteiger partial charge in [0.2, 0.25) is 11.8 Å². The van der Waals surface area contributed by atoms with Crippen molar-refractivity contribution in [1.82, 2.24) is 14.7 Å². The van der Waals surface area contributed by atoms with Gasteiger partial charge in [0, 0.05) is 63.7 Å². The highest BCUT2D eigenvalue weighted by Crippen LogP contribution is 2.31. The highest BCUT2D eigenvalue weighted by molar-refractivity contribution is 5.81. The van der Waals surface area contributed by atoms with Gasteiger partial charge in [-0.15, -0.1) is 0 Å². The summed E-state index contributed by atoms with van der Waals surface area (Å²) in [7, 11) is 1.68. The second-order valence-electron chi connectivity index (χ2n) is 11.5. The average Bonchev–Trinajstić information content (AvgIpc) is 3.65. The van der Waals surface area contributed by atoms with Crippen LogP contribution in [0.5, 0.6) is 5.75 Å². The molecule has 1 atom stereocenters. The second-order valence-corrected chi connectivity index (χ2v) is 11.5. The monoisotopic (exact) mass is 483 g/mol. The van der Waals surface area contributed by atoms with Crippen molar-refractivity contribution in [2.45, 2.75) is 53.4 Å². The third-order valence-corrected chi connectivity index (χ3v) is 6.90. The summed E-state index contributed by atoms with van der Waals surface area (Å²) in [4.78, 5) is 32.1. The van der Waals surface area contributed by atoms with Crippen molar-refractivity contribution in [3.8, 4) is 5.75 Å². The Labute approximate surface area is 212 Å². The highest BCUT2D eigenvalue weighted by atomic mass is 16.5. The van der Waals surface area contributed by atoms with Gasteiger partial charge in [-0.05, 0) is 36.7 Å². The zero-order valence-corrected chi connectivity index (χ0v) is 22.5. The molecule has 1 aliphatic carbocycles. The normalized spacial score (nSPS) is 18.0. The van der Waals surface area contributed by atoms with Crippen molar-refractivity contribution in [1.29, 1.82) is 0 Å². The number of para-hydroxylation sites is 1. The lowest BCUT2D eigenvalue weighted by atomic mass is 9.84. The van der Waals surface area contributed by atoms with E-state index in [-0.39, 0.29) is 11.3 Å². The first-order valence-corrected chi connectivity index (χ1v) is 13.2. The molecule has 2 amide bonds. The maximum Gasteiger partial charge on any atom is 0.225 e. The summed E-state index contributed by atoms with van der Waals surface area (Å²) < 4.78 is 5.45. The molecule has 1 unspecified atom stereocenters. The van der Waals surface area contributed by atoms with Crippen LogP contribution in [-0.4, -0.2) is 79.4 Å². The van der Waals surface area contributed by atoms with E-state index in [0.717, 1.165) is 63.3 Å². The molecule has 1 aliphatic heterocycles. The van der Waals surface area contributed by atoms with E-state index in [9.17, 15) is 9.59 Å². The van der Waals surface area contributed by atoms with Crippen LogP contribution in [0.1, 0.15) is 58.9 Å². The summed E-state index contributed by atoms with van der Waals surface area (Å²) in [6, 6.07) is 7.92. The minimum absolute atomic E-state index is 0.214. The van der Waals surface area contributed by atoms with Crippen LogP contribution in [-0.2, 0) is 9.59 Å². The number of benzene rings is 1. The summed E-state index contributed by atoms with van der Waals surface area (Å²) in [5.41, 5.74) is 1.23. The predicted molar refractivity (Wildman–Crippen MR) is 142 cm³/mol. The van der Waals surface area contributed by atoms with Gasteiger partial charge >= 0.3 is 0 Å². The van der Waals surface area contributed by atoms with Crippen LogP contribution < -0.4 is 4.74 Å². The molecule has 2 fully saturated rings. The van der Waals surface area contributed by atoms with Crippen LogP contribution in [0.15, 0.2) is 30.3 Å². The molecule has 0 bridgehead atoms. The Morgan fingerprint density at radius 1 is 1.14 bits per heavy atom. The topological polar surface area (TPSA) is 53.1 Å². The van der Waals surface area contributed by atoms with E-state index in [1.54, 1.807) is 7.11 Å². The average molecular weight is 484 g/mol. The standard InChI is InChI=1S/C29H45N3O3/c1-23(22-29(2,3)4)21-27(33)31(14-8-10-24-9-6-7-11-26(24)35-5)18-15-30-16-19-32(20-17-30)28(34)25-12-13-25/h6-11,23,25H,12-22H2,1-5H3/b10-8+. The molecule has 3 rings (SSSR count). The number of hydrogen-bond acceptors (Lipinski definition) is 4. The summed E-state index contributed by atoms with van der Waals surface area (Å²) in [6.07, 6.45) is 7.83. The molecule has 1 saturated carbocycles. The molecule has 1 saturated heterocycles. The van der Waals surface area contributed by atoms with Gasteiger partial charge in [0.15, 0.2) is 0 Å². The fourth-order valence-electron chi connectivity index (χ4n) is 5.02.